The first-order chi connectivity index (χ1) is 9.92. The van der Waals surface area contributed by atoms with Gasteiger partial charge in [-0.25, -0.2) is 0 Å². The van der Waals surface area contributed by atoms with Gasteiger partial charge < -0.3 is 0 Å². The van der Waals surface area contributed by atoms with E-state index in [1.165, 1.54) is 22.3 Å². The Bertz CT molecular complexity index is 620. The summed E-state index contributed by atoms with van der Waals surface area (Å²) < 4.78 is 0. The van der Waals surface area contributed by atoms with Crippen LogP contribution < -0.4 is 5.32 Å². The molecule has 1 unspecified atom stereocenters. The van der Waals surface area contributed by atoms with Crippen LogP contribution in [0.25, 0.3) is 0 Å². The second-order valence-corrected chi connectivity index (χ2v) is 5.79. The van der Waals surface area contributed by atoms with Crippen molar-refractivity contribution < 1.29 is 0 Å². The Morgan fingerprint density at radius 2 is 1.60 bits per heavy atom. The minimum absolute atomic E-state index is 0.383. The average Bonchev–Trinajstić information content (AvgIpc) is 2.54. The molecular weight excluding hydrogens is 244 g/mol. The molecule has 2 heteroatoms. The van der Waals surface area contributed by atoms with Gasteiger partial charge in [0.1, 0.15) is 0 Å². The molecule has 0 saturated heterocycles. The molecule has 2 aliphatic heterocycles. The summed E-state index contributed by atoms with van der Waals surface area (Å²) in [5, 5.41) is 3.70. The monoisotopic (exact) mass is 264 g/mol. The Balaban J connectivity index is 1.64. The van der Waals surface area contributed by atoms with Gasteiger partial charge in [-0.15, -0.1) is 0 Å². The topological polar surface area (TPSA) is 15.3 Å². The van der Waals surface area contributed by atoms with E-state index >= 15 is 0 Å². The van der Waals surface area contributed by atoms with Crippen molar-refractivity contribution in [3.63, 3.8) is 0 Å². The van der Waals surface area contributed by atoms with Crippen molar-refractivity contribution in [2.45, 2.75) is 25.6 Å². The number of hydrogen-bond donors (Lipinski definition) is 1. The third kappa shape index (κ3) is 2.05. The summed E-state index contributed by atoms with van der Waals surface area (Å²) in [7, 11) is 0. The molecule has 2 nitrogen and oxygen atoms in total. The molecule has 2 aromatic carbocycles. The van der Waals surface area contributed by atoms with Gasteiger partial charge in [-0.1, -0.05) is 48.5 Å². The Kier molecular flexibility index (Phi) is 3.06. The van der Waals surface area contributed by atoms with Crippen molar-refractivity contribution in [2.75, 3.05) is 13.1 Å². The van der Waals surface area contributed by atoms with E-state index in [4.69, 9.17) is 0 Å². The van der Waals surface area contributed by atoms with Gasteiger partial charge in [-0.3, -0.25) is 10.2 Å². The zero-order chi connectivity index (χ0) is 13.4. The molecule has 2 aromatic rings. The van der Waals surface area contributed by atoms with E-state index in [0.717, 1.165) is 32.5 Å². The normalized spacial score (nSPS) is 22.1. The van der Waals surface area contributed by atoms with Gasteiger partial charge in [0.05, 0.1) is 6.17 Å². The molecular formula is C18H20N2. The molecule has 0 amide bonds. The number of fused-ring (bicyclic) bond motifs is 2. The van der Waals surface area contributed by atoms with E-state index < -0.39 is 0 Å². The maximum absolute atomic E-state index is 3.70. The first kappa shape index (κ1) is 12.1. The second-order valence-electron chi connectivity index (χ2n) is 5.79. The van der Waals surface area contributed by atoms with Crippen molar-refractivity contribution in [1.82, 2.24) is 10.2 Å². The zero-order valence-electron chi connectivity index (χ0n) is 11.7. The first-order valence-corrected chi connectivity index (χ1v) is 7.54. The smallest absolute Gasteiger partial charge is 0.0866 e. The van der Waals surface area contributed by atoms with Crippen molar-refractivity contribution in [3.8, 4) is 0 Å². The van der Waals surface area contributed by atoms with E-state index in [2.05, 4.69) is 58.7 Å². The van der Waals surface area contributed by atoms with Crippen molar-refractivity contribution >= 4 is 0 Å². The molecule has 1 N–H and O–H groups in total. The minimum Gasteiger partial charge on any atom is -0.298 e. The minimum atomic E-state index is 0.383. The maximum atomic E-state index is 3.70. The number of hydrogen-bond acceptors (Lipinski definition) is 2. The number of nitrogens with zero attached hydrogens (tertiary/aromatic N) is 1. The highest BCUT2D eigenvalue weighted by molar-refractivity contribution is 5.34. The Labute approximate surface area is 120 Å². The number of rotatable bonds is 1. The molecule has 0 bridgehead atoms. The summed E-state index contributed by atoms with van der Waals surface area (Å²) in [4.78, 5) is 2.58. The molecule has 4 rings (SSSR count). The molecule has 0 aromatic heterocycles. The van der Waals surface area contributed by atoms with E-state index in [0.29, 0.717) is 6.17 Å². The highest BCUT2D eigenvalue weighted by Crippen LogP contribution is 2.30. The van der Waals surface area contributed by atoms with Gasteiger partial charge in [-0.05, 0) is 35.1 Å². The van der Waals surface area contributed by atoms with Crippen LogP contribution in [0.1, 0.15) is 28.4 Å². The lowest BCUT2D eigenvalue weighted by molar-refractivity contribution is 0.143. The highest BCUT2D eigenvalue weighted by Gasteiger charge is 2.27. The standard InChI is InChI=1S/C18H20N2/c1-2-7-16-13-20(12-10-14(16)5-1)18-17-8-4-3-6-15(17)9-11-19-18/h1-8,18-19H,9-13H2. The van der Waals surface area contributed by atoms with Crippen LogP contribution in [0.15, 0.2) is 48.5 Å². The third-order valence-corrected chi connectivity index (χ3v) is 4.61. The average molecular weight is 264 g/mol. The lowest BCUT2D eigenvalue weighted by Gasteiger charge is -2.39. The number of nitrogens with one attached hydrogen (secondary N) is 1. The zero-order valence-corrected chi connectivity index (χ0v) is 11.7. The summed E-state index contributed by atoms with van der Waals surface area (Å²) >= 11 is 0. The van der Waals surface area contributed by atoms with Crippen LogP contribution >= 0.6 is 0 Å². The molecule has 102 valence electrons. The van der Waals surface area contributed by atoms with Crippen molar-refractivity contribution in [1.29, 1.82) is 0 Å². The van der Waals surface area contributed by atoms with Crippen molar-refractivity contribution in [2.24, 2.45) is 0 Å². The Morgan fingerprint density at radius 3 is 2.50 bits per heavy atom. The molecule has 1 atom stereocenters. The summed E-state index contributed by atoms with van der Waals surface area (Å²) in [5.41, 5.74) is 5.99. The fraction of sp³-hybridized carbons (Fsp3) is 0.333. The van der Waals surface area contributed by atoms with Crippen LogP contribution in [-0.2, 0) is 19.4 Å². The van der Waals surface area contributed by atoms with Crippen LogP contribution in [0.2, 0.25) is 0 Å². The molecule has 0 aliphatic carbocycles. The summed E-state index contributed by atoms with van der Waals surface area (Å²) in [6.45, 7) is 3.28. The van der Waals surface area contributed by atoms with E-state index in [9.17, 15) is 0 Å². The van der Waals surface area contributed by atoms with Gasteiger partial charge in [0.2, 0.25) is 0 Å². The maximum Gasteiger partial charge on any atom is 0.0866 e. The molecule has 0 radical (unpaired) electrons. The number of benzene rings is 2. The second kappa shape index (κ2) is 5.04. The SMILES string of the molecule is c1ccc2c(c1)CCN(C1NCCc3ccccc31)C2. The summed E-state index contributed by atoms with van der Waals surface area (Å²) in [6.07, 6.45) is 2.70. The predicted molar refractivity (Wildman–Crippen MR) is 81.4 cm³/mol. The van der Waals surface area contributed by atoms with Crippen LogP contribution in [0.3, 0.4) is 0 Å². The Hall–Kier alpha value is -1.64. The quantitative estimate of drug-likeness (QED) is 0.852. The summed E-state index contributed by atoms with van der Waals surface area (Å²) in [5.74, 6) is 0. The molecule has 0 saturated carbocycles. The molecule has 2 heterocycles. The first-order valence-electron chi connectivity index (χ1n) is 7.54. The van der Waals surface area contributed by atoms with Gasteiger partial charge in [0.15, 0.2) is 0 Å². The fourth-order valence-corrected chi connectivity index (χ4v) is 3.55. The van der Waals surface area contributed by atoms with Crippen LogP contribution in [0.4, 0.5) is 0 Å². The highest BCUT2D eigenvalue weighted by atomic mass is 15.3. The molecule has 2 aliphatic rings. The summed E-state index contributed by atoms with van der Waals surface area (Å²) in [6, 6.07) is 17.7. The predicted octanol–water partition coefficient (Wildman–Crippen LogP) is 2.89. The van der Waals surface area contributed by atoms with Crippen LogP contribution in [-0.4, -0.2) is 18.0 Å². The van der Waals surface area contributed by atoms with E-state index in [1.54, 1.807) is 0 Å². The molecule has 0 fully saturated rings. The lowest BCUT2D eigenvalue weighted by atomic mass is 9.94. The molecule has 20 heavy (non-hydrogen) atoms. The van der Waals surface area contributed by atoms with Crippen LogP contribution in [0.5, 0.6) is 0 Å². The van der Waals surface area contributed by atoms with Gasteiger partial charge in [0.25, 0.3) is 0 Å². The third-order valence-electron chi connectivity index (χ3n) is 4.61. The van der Waals surface area contributed by atoms with Gasteiger partial charge in [-0.2, -0.15) is 0 Å². The van der Waals surface area contributed by atoms with Crippen molar-refractivity contribution in [3.05, 3.63) is 70.8 Å². The van der Waals surface area contributed by atoms with E-state index in [1.807, 2.05) is 0 Å². The Morgan fingerprint density at radius 1 is 0.850 bits per heavy atom. The fourth-order valence-electron chi connectivity index (χ4n) is 3.55. The molecule has 0 spiro atoms. The van der Waals surface area contributed by atoms with Crippen LogP contribution in [0, 0.1) is 0 Å². The van der Waals surface area contributed by atoms with Gasteiger partial charge in [0, 0.05) is 19.6 Å². The lowest BCUT2D eigenvalue weighted by Crippen LogP contribution is -2.44. The van der Waals surface area contributed by atoms with E-state index in [-0.39, 0.29) is 0 Å². The van der Waals surface area contributed by atoms with Gasteiger partial charge >= 0.3 is 0 Å². The largest absolute Gasteiger partial charge is 0.298 e.